The van der Waals surface area contributed by atoms with Gasteiger partial charge in [0.25, 0.3) is 11.8 Å². The summed E-state index contributed by atoms with van der Waals surface area (Å²) in [5.41, 5.74) is 0.616. The van der Waals surface area contributed by atoms with Crippen LogP contribution in [-0.4, -0.2) is 37.2 Å². The monoisotopic (exact) mass is 370 g/mol. The van der Waals surface area contributed by atoms with Crippen LogP contribution < -0.4 is 10.6 Å². The van der Waals surface area contributed by atoms with Crippen LogP contribution in [0.2, 0.25) is 0 Å². The first kappa shape index (κ1) is 19.5. The second-order valence-electron chi connectivity index (χ2n) is 5.52. The molecular weight excluding hydrogens is 353 g/mol. The van der Waals surface area contributed by atoms with Gasteiger partial charge in [-0.25, -0.2) is 0 Å². The molecule has 0 aliphatic heterocycles. The Balaban J connectivity index is 1.90. The first-order chi connectivity index (χ1) is 12.2. The van der Waals surface area contributed by atoms with Gasteiger partial charge in [0.2, 0.25) is 0 Å². The van der Waals surface area contributed by atoms with E-state index >= 15 is 0 Å². The highest BCUT2D eigenvalue weighted by atomic mass is 19.4. The molecule has 1 aromatic heterocycles. The number of alkyl halides is 3. The number of anilines is 1. The smallest absolute Gasteiger partial charge is 0.411 e. The van der Waals surface area contributed by atoms with E-state index in [1.54, 1.807) is 18.2 Å². The van der Waals surface area contributed by atoms with Gasteiger partial charge in [-0.2, -0.15) is 13.2 Å². The van der Waals surface area contributed by atoms with Crippen molar-refractivity contribution >= 4 is 17.5 Å². The van der Waals surface area contributed by atoms with Crippen molar-refractivity contribution in [2.45, 2.75) is 19.1 Å². The maximum Gasteiger partial charge on any atom is 0.411 e. The molecule has 0 fully saturated rings. The SMILES string of the molecule is CC(COCC(F)(F)F)NC(=O)c1cccc(NC(=O)c2ccco2)c1. The van der Waals surface area contributed by atoms with E-state index in [0.29, 0.717) is 5.69 Å². The highest BCUT2D eigenvalue weighted by Crippen LogP contribution is 2.15. The van der Waals surface area contributed by atoms with E-state index in [1.165, 1.54) is 31.4 Å². The second-order valence-corrected chi connectivity index (χ2v) is 5.52. The summed E-state index contributed by atoms with van der Waals surface area (Å²) in [6.45, 7) is -0.127. The highest BCUT2D eigenvalue weighted by molar-refractivity contribution is 6.03. The number of benzene rings is 1. The van der Waals surface area contributed by atoms with E-state index in [9.17, 15) is 22.8 Å². The molecule has 26 heavy (non-hydrogen) atoms. The Bertz CT molecular complexity index is 745. The van der Waals surface area contributed by atoms with Crippen LogP contribution in [-0.2, 0) is 4.74 Å². The van der Waals surface area contributed by atoms with Gasteiger partial charge in [-0.1, -0.05) is 6.07 Å². The number of furan rings is 1. The van der Waals surface area contributed by atoms with E-state index in [2.05, 4.69) is 15.4 Å². The quantitative estimate of drug-likeness (QED) is 0.784. The molecule has 9 heteroatoms. The van der Waals surface area contributed by atoms with E-state index in [4.69, 9.17) is 4.42 Å². The zero-order valence-electron chi connectivity index (χ0n) is 13.8. The summed E-state index contributed by atoms with van der Waals surface area (Å²) in [5.74, 6) is -0.848. The number of hydrogen-bond acceptors (Lipinski definition) is 4. The average Bonchev–Trinajstić information content (AvgIpc) is 3.08. The third-order valence-electron chi connectivity index (χ3n) is 3.14. The number of amides is 2. The molecule has 0 aliphatic carbocycles. The minimum absolute atomic E-state index is 0.121. The van der Waals surface area contributed by atoms with Gasteiger partial charge in [0, 0.05) is 17.3 Å². The van der Waals surface area contributed by atoms with Crippen LogP contribution >= 0.6 is 0 Å². The predicted molar refractivity (Wildman–Crippen MR) is 86.9 cm³/mol. The topological polar surface area (TPSA) is 80.6 Å². The Morgan fingerprint density at radius 3 is 2.62 bits per heavy atom. The Hall–Kier alpha value is -2.81. The fraction of sp³-hybridized carbons (Fsp3) is 0.294. The zero-order valence-corrected chi connectivity index (χ0v) is 13.8. The normalized spacial score (nSPS) is 12.5. The number of carbonyl (C=O) groups is 2. The van der Waals surface area contributed by atoms with Crippen LogP contribution in [0.15, 0.2) is 47.1 Å². The first-order valence-electron chi connectivity index (χ1n) is 7.65. The molecule has 0 bridgehead atoms. The van der Waals surface area contributed by atoms with Crippen LogP contribution in [0.25, 0.3) is 0 Å². The molecule has 0 spiro atoms. The molecule has 1 atom stereocenters. The standard InChI is InChI=1S/C17H17F3N2O4/c1-11(9-25-10-17(18,19)20)21-15(23)12-4-2-5-13(8-12)22-16(24)14-6-3-7-26-14/h2-8,11H,9-10H2,1H3,(H,21,23)(H,22,24). The average molecular weight is 370 g/mol. The van der Waals surface area contributed by atoms with Crippen LogP contribution in [0, 0.1) is 0 Å². The Morgan fingerprint density at radius 2 is 1.96 bits per heavy atom. The molecule has 6 nitrogen and oxygen atoms in total. The van der Waals surface area contributed by atoms with Gasteiger partial charge < -0.3 is 19.8 Å². The minimum Gasteiger partial charge on any atom is -0.459 e. The van der Waals surface area contributed by atoms with Gasteiger partial charge in [0.15, 0.2) is 5.76 Å². The van der Waals surface area contributed by atoms with Crippen molar-refractivity contribution in [1.29, 1.82) is 0 Å². The Labute approximate surface area is 147 Å². The summed E-state index contributed by atoms with van der Waals surface area (Å²) >= 11 is 0. The summed E-state index contributed by atoms with van der Waals surface area (Å²) in [5, 5.41) is 5.11. The van der Waals surface area contributed by atoms with Crippen LogP contribution in [0.1, 0.15) is 27.8 Å². The number of rotatable bonds is 7. The fourth-order valence-corrected chi connectivity index (χ4v) is 2.04. The lowest BCUT2D eigenvalue weighted by Gasteiger charge is -2.15. The summed E-state index contributed by atoms with van der Waals surface area (Å²) < 4.78 is 45.6. The number of ether oxygens (including phenoxy) is 1. The van der Waals surface area contributed by atoms with Gasteiger partial charge >= 0.3 is 6.18 Å². The molecule has 0 radical (unpaired) electrons. The molecular formula is C17H17F3N2O4. The Morgan fingerprint density at radius 1 is 1.19 bits per heavy atom. The number of carbonyl (C=O) groups excluding carboxylic acids is 2. The first-order valence-corrected chi connectivity index (χ1v) is 7.65. The van der Waals surface area contributed by atoms with Gasteiger partial charge in [0.1, 0.15) is 6.61 Å². The Kier molecular flexibility index (Phi) is 6.40. The third-order valence-corrected chi connectivity index (χ3v) is 3.14. The van der Waals surface area contributed by atoms with E-state index < -0.39 is 30.6 Å². The number of halogens is 3. The highest BCUT2D eigenvalue weighted by Gasteiger charge is 2.27. The summed E-state index contributed by atoms with van der Waals surface area (Å²) in [6.07, 6.45) is -3.05. The largest absolute Gasteiger partial charge is 0.459 e. The molecule has 140 valence electrons. The molecule has 0 saturated heterocycles. The van der Waals surface area contributed by atoms with Crippen LogP contribution in [0.3, 0.4) is 0 Å². The molecule has 1 heterocycles. The van der Waals surface area contributed by atoms with Crippen molar-refractivity contribution in [1.82, 2.24) is 5.32 Å². The lowest BCUT2D eigenvalue weighted by Crippen LogP contribution is -2.36. The molecule has 0 saturated carbocycles. The summed E-state index contributed by atoms with van der Waals surface area (Å²) in [7, 11) is 0. The summed E-state index contributed by atoms with van der Waals surface area (Å²) in [6, 6.07) is 8.56. The van der Waals surface area contributed by atoms with E-state index in [-0.39, 0.29) is 17.9 Å². The van der Waals surface area contributed by atoms with Crippen LogP contribution in [0.4, 0.5) is 18.9 Å². The molecule has 0 aliphatic rings. The molecule has 1 unspecified atom stereocenters. The zero-order chi connectivity index (χ0) is 19.2. The lowest BCUT2D eigenvalue weighted by atomic mass is 10.1. The fourth-order valence-electron chi connectivity index (χ4n) is 2.04. The van der Waals surface area contributed by atoms with Crippen molar-refractivity contribution in [2.24, 2.45) is 0 Å². The molecule has 2 N–H and O–H groups in total. The maximum absolute atomic E-state index is 12.2. The third kappa shape index (κ3) is 6.25. The molecule has 2 aromatic rings. The summed E-state index contributed by atoms with van der Waals surface area (Å²) in [4.78, 5) is 24.1. The molecule has 2 rings (SSSR count). The van der Waals surface area contributed by atoms with Crippen molar-refractivity contribution in [3.8, 4) is 0 Å². The van der Waals surface area contributed by atoms with Crippen LogP contribution in [0.5, 0.6) is 0 Å². The van der Waals surface area contributed by atoms with Crippen molar-refractivity contribution in [3.63, 3.8) is 0 Å². The van der Waals surface area contributed by atoms with E-state index in [1.807, 2.05) is 0 Å². The number of hydrogen-bond donors (Lipinski definition) is 2. The van der Waals surface area contributed by atoms with Crippen molar-refractivity contribution < 1.29 is 31.9 Å². The van der Waals surface area contributed by atoms with E-state index in [0.717, 1.165) is 0 Å². The lowest BCUT2D eigenvalue weighted by molar-refractivity contribution is -0.174. The maximum atomic E-state index is 12.2. The second kappa shape index (κ2) is 8.52. The molecule has 2 amide bonds. The molecule has 1 aromatic carbocycles. The van der Waals surface area contributed by atoms with Gasteiger partial charge in [0.05, 0.1) is 12.9 Å². The predicted octanol–water partition coefficient (Wildman–Crippen LogP) is 3.23. The van der Waals surface area contributed by atoms with Crippen molar-refractivity contribution in [3.05, 3.63) is 54.0 Å². The minimum atomic E-state index is -4.41. The van der Waals surface area contributed by atoms with Gasteiger partial charge in [-0.15, -0.1) is 0 Å². The number of nitrogens with one attached hydrogen (secondary N) is 2. The van der Waals surface area contributed by atoms with Gasteiger partial charge in [-0.3, -0.25) is 9.59 Å². The van der Waals surface area contributed by atoms with Crippen molar-refractivity contribution in [2.75, 3.05) is 18.5 Å². The van der Waals surface area contributed by atoms with Gasteiger partial charge in [-0.05, 0) is 37.3 Å².